The van der Waals surface area contributed by atoms with E-state index in [1.54, 1.807) is 0 Å². The van der Waals surface area contributed by atoms with Crippen molar-refractivity contribution in [1.82, 2.24) is 10.2 Å². The van der Waals surface area contributed by atoms with Crippen molar-refractivity contribution in [3.63, 3.8) is 0 Å². The molecule has 0 radical (unpaired) electrons. The predicted octanol–water partition coefficient (Wildman–Crippen LogP) is 4.03. The van der Waals surface area contributed by atoms with Crippen LogP contribution in [0.2, 0.25) is 0 Å². The van der Waals surface area contributed by atoms with E-state index in [-0.39, 0.29) is 31.0 Å². The highest BCUT2D eigenvalue weighted by Gasteiger charge is 2.33. The van der Waals surface area contributed by atoms with Crippen LogP contribution in [0.3, 0.4) is 0 Å². The maximum atomic E-state index is 12.6. The third kappa shape index (κ3) is 6.05. The number of aliphatic carboxylic acids is 1. The molecular formula is C28H34N2O6. The Kier molecular flexibility index (Phi) is 7.64. The van der Waals surface area contributed by atoms with Crippen molar-refractivity contribution < 1.29 is 29.0 Å². The van der Waals surface area contributed by atoms with Crippen LogP contribution in [0.1, 0.15) is 50.7 Å². The number of hydrogen-bond donors (Lipinski definition) is 2. The van der Waals surface area contributed by atoms with E-state index in [0.717, 1.165) is 22.3 Å². The number of piperidine rings is 1. The lowest BCUT2D eigenvalue weighted by atomic mass is 9.96. The number of carbonyl (C=O) groups is 3. The zero-order valence-electron chi connectivity index (χ0n) is 21.0. The fraction of sp³-hybridized carbons (Fsp3) is 0.464. The summed E-state index contributed by atoms with van der Waals surface area (Å²) in [5.74, 6) is -1.64. The molecule has 2 aromatic carbocycles. The van der Waals surface area contributed by atoms with Crippen molar-refractivity contribution in [1.29, 1.82) is 0 Å². The largest absolute Gasteiger partial charge is 0.480 e. The van der Waals surface area contributed by atoms with Gasteiger partial charge < -0.3 is 24.8 Å². The monoisotopic (exact) mass is 494 g/mol. The van der Waals surface area contributed by atoms with Crippen LogP contribution in [0.4, 0.5) is 4.79 Å². The van der Waals surface area contributed by atoms with Crippen LogP contribution >= 0.6 is 0 Å². The highest BCUT2D eigenvalue weighted by molar-refractivity contribution is 5.81. The number of amides is 1. The molecule has 1 saturated heterocycles. The maximum absolute atomic E-state index is 12.6. The van der Waals surface area contributed by atoms with Crippen molar-refractivity contribution in [3.05, 3.63) is 59.7 Å². The molecule has 1 atom stereocenters. The molecule has 4 rings (SSSR count). The van der Waals surface area contributed by atoms with E-state index in [0.29, 0.717) is 25.9 Å². The first kappa shape index (κ1) is 25.7. The third-order valence-corrected chi connectivity index (χ3v) is 6.70. The first-order chi connectivity index (χ1) is 17.1. The third-order valence-electron chi connectivity index (χ3n) is 6.70. The maximum Gasteiger partial charge on any atom is 0.407 e. The van der Waals surface area contributed by atoms with Gasteiger partial charge in [0, 0.05) is 12.5 Å². The van der Waals surface area contributed by atoms with Crippen molar-refractivity contribution in [2.75, 3.05) is 26.2 Å². The SMILES string of the molecule is CC(C)(C)OC(=O)C1CCN(C[C@H](NC(=O)OCC2c3ccccc3-c3ccccc32)C(=O)O)CC1. The Balaban J connectivity index is 1.30. The summed E-state index contributed by atoms with van der Waals surface area (Å²) in [5.41, 5.74) is 3.90. The Hall–Kier alpha value is -3.39. The number of fused-ring (bicyclic) bond motifs is 3. The summed E-state index contributed by atoms with van der Waals surface area (Å²) in [7, 11) is 0. The molecule has 1 aliphatic heterocycles. The normalized spacial score (nSPS) is 17.1. The van der Waals surface area contributed by atoms with Crippen molar-refractivity contribution >= 4 is 18.0 Å². The molecule has 0 saturated carbocycles. The minimum atomic E-state index is -1.13. The molecule has 8 nitrogen and oxygen atoms in total. The van der Waals surface area contributed by atoms with Crippen molar-refractivity contribution in [3.8, 4) is 11.1 Å². The van der Waals surface area contributed by atoms with Crippen LogP contribution in [-0.2, 0) is 19.1 Å². The van der Waals surface area contributed by atoms with E-state index in [2.05, 4.69) is 17.4 Å². The number of ether oxygens (including phenoxy) is 2. The quantitative estimate of drug-likeness (QED) is 0.560. The van der Waals surface area contributed by atoms with Crippen LogP contribution in [0.15, 0.2) is 48.5 Å². The van der Waals surface area contributed by atoms with Crippen LogP contribution < -0.4 is 5.32 Å². The standard InChI is InChI=1S/C28H34N2O6/c1-28(2,3)36-26(33)18-12-14-30(15-13-18)16-24(25(31)32)29-27(34)35-17-23-21-10-6-4-8-19(21)20-9-5-7-11-22(20)23/h4-11,18,23-24H,12-17H2,1-3H3,(H,29,34)(H,31,32)/t24-/m0/s1. The highest BCUT2D eigenvalue weighted by Crippen LogP contribution is 2.44. The Bertz CT molecular complexity index is 1070. The van der Waals surface area contributed by atoms with Gasteiger partial charge in [-0.05, 0) is 69.0 Å². The summed E-state index contributed by atoms with van der Waals surface area (Å²) in [6, 6.07) is 15.0. The zero-order valence-corrected chi connectivity index (χ0v) is 21.0. The molecule has 0 bridgehead atoms. The Morgan fingerprint density at radius 3 is 2.08 bits per heavy atom. The van der Waals surface area contributed by atoms with Gasteiger partial charge in [0.15, 0.2) is 0 Å². The van der Waals surface area contributed by atoms with Gasteiger partial charge in [-0.25, -0.2) is 9.59 Å². The van der Waals surface area contributed by atoms with E-state index in [4.69, 9.17) is 9.47 Å². The van der Waals surface area contributed by atoms with Crippen LogP contribution in [0, 0.1) is 5.92 Å². The van der Waals surface area contributed by atoms with Crippen LogP contribution in [0.5, 0.6) is 0 Å². The minimum absolute atomic E-state index is 0.0988. The van der Waals surface area contributed by atoms with E-state index < -0.39 is 23.7 Å². The van der Waals surface area contributed by atoms with E-state index in [1.807, 2.05) is 62.1 Å². The highest BCUT2D eigenvalue weighted by atomic mass is 16.6. The van der Waals surface area contributed by atoms with Crippen LogP contribution in [-0.4, -0.2) is 65.9 Å². The summed E-state index contributed by atoms with van der Waals surface area (Å²) in [4.78, 5) is 38.7. The second-order valence-corrected chi connectivity index (χ2v) is 10.5. The van der Waals surface area contributed by atoms with Crippen molar-refractivity contribution in [2.45, 2.75) is 51.2 Å². The number of alkyl carbamates (subject to hydrolysis) is 1. The number of hydrogen-bond acceptors (Lipinski definition) is 6. The van der Waals surface area contributed by atoms with E-state index in [1.165, 1.54) is 0 Å². The fourth-order valence-electron chi connectivity index (χ4n) is 4.96. The fourth-order valence-corrected chi connectivity index (χ4v) is 4.96. The second-order valence-electron chi connectivity index (χ2n) is 10.5. The first-order valence-corrected chi connectivity index (χ1v) is 12.4. The summed E-state index contributed by atoms with van der Waals surface area (Å²) >= 11 is 0. The number of carboxylic acid groups (broad SMARTS) is 1. The van der Waals surface area contributed by atoms with Crippen LogP contribution in [0.25, 0.3) is 11.1 Å². The molecule has 2 aliphatic rings. The number of likely N-dealkylation sites (tertiary alicyclic amines) is 1. The Morgan fingerprint density at radius 1 is 1.00 bits per heavy atom. The van der Waals surface area contributed by atoms with Gasteiger partial charge in [0.25, 0.3) is 0 Å². The predicted molar refractivity (Wildman–Crippen MR) is 135 cm³/mol. The lowest BCUT2D eigenvalue weighted by Gasteiger charge is -2.33. The molecular weight excluding hydrogens is 460 g/mol. The molecule has 8 heteroatoms. The van der Waals surface area contributed by atoms with Crippen molar-refractivity contribution in [2.24, 2.45) is 5.92 Å². The zero-order chi connectivity index (χ0) is 25.9. The first-order valence-electron chi connectivity index (χ1n) is 12.4. The molecule has 2 N–H and O–H groups in total. The number of carboxylic acids is 1. The molecule has 192 valence electrons. The van der Waals surface area contributed by atoms with Gasteiger partial charge in [0.05, 0.1) is 5.92 Å². The lowest BCUT2D eigenvalue weighted by molar-refractivity contribution is -0.161. The Labute approximate surface area is 211 Å². The number of nitrogens with one attached hydrogen (secondary N) is 1. The number of rotatable bonds is 7. The molecule has 0 unspecified atom stereocenters. The number of benzene rings is 2. The van der Waals surface area contributed by atoms with Gasteiger partial charge in [-0.2, -0.15) is 0 Å². The lowest BCUT2D eigenvalue weighted by Crippen LogP contribution is -2.50. The molecule has 2 aromatic rings. The molecule has 1 fully saturated rings. The molecule has 0 spiro atoms. The van der Waals surface area contributed by atoms with Gasteiger partial charge in [0.1, 0.15) is 18.2 Å². The number of carbonyl (C=O) groups excluding carboxylic acids is 2. The average molecular weight is 495 g/mol. The summed E-state index contributed by atoms with van der Waals surface area (Å²) in [6.45, 7) is 6.89. The molecule has 36 heavy (non-hydrogen) atoms. The molecule has 1 heterocycles. The molecule has 0 aromatic heterocycles. The van der Waals surface area contributed by atoms with Gasteiger partial charge >= 0.3 is 18.0 Å². The second kappa shape index (κ2) is 10.7. The number of esters is 1. The van der Waals surface area contributed by atoms with Gasteiger partial charge in [-0.15, -0.1) is 0 Å². The van der Waals surface area contributed by atoms with Gasteiger partial charge in [-0.3, -0.25) is 4.79 Å². The average Bonchev–Trinajstić information content (AvgIpc) is 3.15. The summed E-state index contributed by atoms with van der Waals surface area (Å²) in [5, 5.41) is 12.2. The molecule has 1 aliphatic carbocycles. The Morgan fingerprint density at radius 2 is 1.56 bits per heavy atom. The van der Waals surface area contributed by atoms with E-state index >= 15 is 0 Å². The number of nitrogens with zero attached hydrogens (tertiary/aromatic N) is 1. The summed E-state index contributed by atoms with van der Waals surface area (Å²) in [6.07, 6.45) is 0.422. The molecule has 1 amide bonds. The van der Waals surface area contributed by atoms with Gasteiger partial charge in [0.2, 0.25) is 0 Å². The topological polar surface area (TPSA) is 105 Å². The minimum Gasteiger partial charge on any atom is -0.480 e. The summed E-state index contributed by atoms with van der Waals surface area (Å²) < 4.78 is 11.0. The van der Waals surface area contributed by atoms with Gasteiger partial charge in [-0.1, -0.05) is 48.5 Å². The van der Waals surface area contributed by atoms with E-state index in [9.17, 15) is 19.5 Å². The smallest absolute Gasteiger partial charge is 0.407 e.